The van der Waals surface area contributed by atoms with Crippen LogP contribution in [0, 0.1) is 0 Å². The van der Waals surface area contributed by atoms with Crippen molar-refractivity contribution in [1.82, 2.24) is 0 Å². The molecule has 1 atom stereocenters. The third-order valence-electron chi connectivity index (χ3n) is 4.62. The maximum atomic E-state index is 11.9. The maximum absolute atomic E-state index is 11.9. The summed E-state index contributed by atoms with van der Waals surface area (Å²) in [6.07, 6.45) is 1.09. The van der Waals surface area contributed by atoms with E-state index in [4.69, 9.17) is 9.15 Å². The number of nitrogens with two attached hydrogens (primary N) is 1. The Labute approximate surface area is 147 Å². The number of benzene rings is 2. The van der Waals surface area contributed by atoms with Gasteiger partial charge < -0.3 is 14.5 Å². The lowest BCUT2D eigenvalue weighted by Crippen LogP contribution is -2.83. The van der Waals surface area contributed by atoms with Gasteiger partial charge in [-0.1, -0.05) is 37.3 Å². The van der Waals surface area contributed by atoms with E-state index < -0.39 is 0 Å². The molecule has 0 unspecified atom stereocenters. The molecule has 0 radical (unpaired) electrons. The van der Waals surface area contributed by atoms with Gasteiger partial charge in [0, 0.05) is 29.0 Å². The van der Waals surface area contributed by atoms with Gasteiger partial charge >= 0.3 is 5.63 Å². The summed E-state index contributed by atoms with van der Waals surface area (Å²) in [6.45, 7) is 3.94. The Hall–Kier alpha value is -2.59. The molecule has 130 valence electrons. The smallest absolute Gasteiger partial charge is 0.336 e. The Morgan fingerprint density at radius 1 is 1.12 bits per heavy atom. The van der Waals surface area contributed by atoms with E-state index in [0.29, 0.717) is 17.3 Å². The minimum Gasteiger partial charge on any atom is -0.497 e. The predicted octanol–water partition coefficient (Wildman–Crippen LogP) is 3.06. The van der Waals surface area contributed by atoms with Crippen LogP contribution in [0.3, 0.4) is 0 Å². The third-order valence-corrected chi connectivity index (χ3v) is 4.62. The molecule has 0 saturated heterocycles. The van der Waals surface area contributed by atoms with Crippen molar-refractivity contribution in [3.05, 3.63) is 76.1 Å². The van der Waals surface area contributed by atoms with Gasteiger partial charge in [-0.25, -0.2) is 4.79 Å². The van der Waals surface area contributed by atoms with E-state index in [2.05, 4.69) is 36.5 Å². The van der Waals surface area contributed by atoms with Gasteiger partial charge in [-0.05, 0) is 24.1 Å². The lowest BCUT2D eigenvalue weighted by Gasteiger charge is -2.14. The van der Waals surface area contributed by atoms with Crippen LogP contribution in [0.15, 0.2) is 63.8 Å². The van der Waals surface area contributed by atoms with Crippen molar-refractivity contribution in [3.63, 3.8) is 0 Å². The van der Waals surface area contributed by atoms with Crippen LogP contribution in [0.5, 0.6) is 5.75 Å². The molecule has 0 saturated carbocycles. The molecule has 3 aromatic rings. The molecule has 1 aromatic heterocycles. The van der Waals surface area contributed by atoms with Gasteiger partial charge in [0.05, 0.1) is 13.7 Å². The zero-order valence-corrected chi connectivity index (χ0v) is 14.7. The molecule has 0 fully saturated rings. The molecule has 3 rings (SSSR count). The normalized spacial score (nSPS) is 12.2. The molecule has 0 bridgehead atoms. The van der Waals surface area contributed by atoms with Gasteiger partial charge in [0.15, 0.2) is 0 Å². The number of quaternary nitrogens is 1. The summed E-state index contributed by atoms with van der Waals surface area (Å²) in [7, 11) is 1.60. The van der Waals surface area contributed by atoms with Crippen molar-refractivity contribution in [2.75, 3.05) is 13.7 Å². The first-order valence-corrected chi connectivity index (χ1v) is 8.68. The van der Waals surface area contributed by atoms with Crippen molar-refractivity contribution >= 4 is 11.0 Å². The molecular weight excluding hydrogens is 314 g/mol. The Kier molecular flexibility index (Phi) is 5.51. The van der Waals surface area contributed by atoms with Crippen LogP contribution in [0.2, 0.25) is 0 Å². The third kappa shape index (κ3) is 4.09. The quantitative estimate of drug-likeness (QED) is 0.674. The van der Waals surface area contributed by atoms with Gasteiger partial charge in [0.2, 0.25) is 0 Å². The monoisotopic (exact) mass is 338 g/mol. The first-order valence-electron chi connectivity index (χ1n) is 8.68. The SMILES string of the molecule is CC[C@@H](C[NH2+]Cc1cc(=O)oc2cc(OC)ccc12)c1ccccc1. The zero-order valence-electron chi connectivity index (χ0n) is 14.7. The first-order chi connectivity index (χ1) is 12.2. The maximum Gasteiger partial charge on any atom is 0.336 e. The van der Waals surface area contributed by atoms with Crippen LogP contribution >= 0.6 is 0 Å². The fourth-order valence-corrected chi connectivity index (χ4v) is 3.21. The Balaban J connectivity index is 1.75. The predicted molar refractivity (Wildman–Crippen MR) is 99.0 cm³/mol. The lowest BCUT2D eigenvalue weighted by atomic mass is 9.96. The second-order valence-corrected chi connectivity index (χ2v) is 6.20. The molecule has 0 aliphatic rings. The van der Waals surface area contributed by atoms with Crippen LogP contribution < -0.4 is 15.7 Å². The van der Waals surface area contributed by atoms with E-state index in [1.54, 1.807) is 19.2 Å². The highest BCUT2D eigenvalue weighted by molar-refractivity contribution is 5.81. The van der Waals surface area contributed by atoms with Crippen LogP contribution in [0.1, 0.15) is 30.4 Å². The summed E-state index contributed by atoms with van der Waals surface area (Å²) in [5.41, 5.74) is 2.62. The summed E-state index contributed by atoms with van der Waals surface area (Å²) in [6, 6.07) is 17.8. The number of methoxy groups -OCH3 is 1. The minimum absolute atomic E-state index is 0.320. The summed E-state index contributed by atoms with van der Waals surface area (Å²) >= 11 is 0. The second kappa shape index (κ2) is 7.99. The summed E-state index contributed by atoms with van der Waals surface area (Å²) < 4.78 is 10.5. The Morgan fingerprint density at radius 2 is 1.92 bits per heavy atom. The number of hydrogen-bond acceptors (Lipinski definition) is 3. The molecule has 0 amide bonds. The average Bonchev–Trinajstić information content (AvgIpc) is 2.65. The van der Waals surface area contributed by atoms with Crippen LogP contribution in [-0.4, -0.2) is 13.7 Å². The summed E-state index contributed by atoms with van der Waals surface area (Å²) in [4.78, 5) is 11.9. The molecule has 2 aromatic carbocycles. The molecule has 25 heavy (non-hydrogen) atoms. The summed E-state index contributed by atoms with van der Waals surface area (Å²) in [5.74, 6) is 1.19. The molecule has 4 heteroatoms. The highest BCUT2D eigenvalue weighted by Crippen LogP contribution is 2.22. The van der Waals surface area contributed by atoms with E-state index in [-0.39, 0.29) is 5.63 Å². The minimum atomic E-state index is -0.320. The van der Waals surface area contributed by atoms with E-state index in [1.807, 2.05) is 18.2 Å². The molecule has 4 nitrogen and oxygen atoms in total. The molecule has 0 spiro atoms. The van der Waals surface area contributed by atoms with Gasteiger partial charge in [-0.15, -0.1) is 0 Å². The number of fused-ring (bicyclic) bond motifs is 1. The largest absolute Gasteiger partial charge is 0.497 e. The molecule has 2 N–H and O–H groups in total. The van der Waals surface area contributed by atoms with E-state index in [1.165, 1.54) is 5.56 Å². The van der Waals surface area contributed by atoms with E-state index in [0.717, 1.165) is 30.5 Å². The molecular formula is C21H24NO3+. The van der Waals surface area contributed by atoms with Gasteiger partial charge in [-0.3, -0.25) is 0 Å². The summed E-state index contributed by atoms with van der Waals surface area (Å²) in [5, 5.41) is 3.23. The van der Waals surface area contributed by atoms with Crippen LogP contribution in [0.4, 0.5) is 0 Å². The highest BCUT2D eigenvalue weighted by atomic mass is 16.5. The van der Waals surface area contributed by atoms with E-state index >= 15 is 0 Å². The zero-order chi connectivity index (χ0) is 17.6. The van der Waals surface area contributed by atoms with Crippen molar-refractivity contribution in [1.29, 1.82) is 0 Å². The number of rotatable bonds is 7. The second-order valence-electron chi connectivity index (χ2n) is 6.20. The fraction of sp³-hybridized carbons (Fsp3) is 0.286. The number of ether oxygens (including phenoxy) is 1. The van der Waals surface area contributed by atoms with Crippen molar-refractivity contribution in [3.8, 4) is 5.75 Å². The fourth-order valence-electron chi connectivity index (χ4n) is 3.21. The topological polar surface area (TPSA) is 56.0 Å². The van der Waals surface area contributed by atoms with E-state index in [9.17, 15) is 4.79 Å². The Bertz CT molecular complexity index is 887. The number of hydrogen-bond donors (Lipinski definition) is 1. The van der Waals surface area contributed by atoms with Gasteiger partial charge in [0.25, 0.3) is 0 Å². The van der Waals surface area contributed by atoms with Crippen molar-refractivity contribution < 1.29 is 14.5 Å². The first kappa shape index (κ1) is 17.2. The van der Waals surface area contributed by atoms with Gasteiger partial charge in [-0.2, -0.15) is 0 Å². The highest BCUT2D eigenvalue weighted by Gasteiger charge is 2.13. The van der Waals surface area contributed by atoms with Crippen molar-refractivity contribution in [2.45, 2.75) is 25.8 Å². The molecule has 0 aliphatic carbocycles. The van der Waals surface area contributed by atoms with Crippen LogP contribution in [0.25, 0.3) is 11.0 Å². The average molecular weight is 338 g/mol. The molecule has 1 heterocycles. The molecule has 0 aliphatic heterocycles. The Morgan fingerprint density at radius 3 is 2.64 bits per heavy atom. The van der Waals surface area contributed by atoms with Gasteiger partial charge in [0.1, 0.15) is 17.9 Å². The van der Waals surface area contributed by atoms with Crippen LogP contribution in [-0.2, 0) is 6.54 Å². The lowest BCUT2D eigenvalue weighted by molar-refractivity contribution is -0.672. The standard InChI is InChI=1S/C21H23NO3/c1-3-15(16-7-5-4-6-8-16)13-22-14-17-11-21(23)25-20-12-18(24-2)9-10-19(17)20/h4-12,15,22H,3,13-14H2,1-2H3/p+1/t15-/m0/s1. The van der Waals surface area contributed by atoms with Crippen molar-refractivity contribution in [2.24, 2.45) is 0 Å².